The van der Waals surface area contributed by atoms with E-state index in [-0.39, 0.29) is 29.0 Å². The van der Waals surface area contributed by atoms with Crippen molar-refractivity contribution in [2.45, 2.75) is 90.6 Å². The first-order valence-corrected chi connectivity index (χ1v) is 17.2. The molecule has 0 saturated carbocycles. The van der Waals surface area contributed by atoms with Crippen LogP contribution in [0.15, 0.2) is 30.3 Å². The number of likely N-dealkylation sites (tertiary alicyclic amines) is 1. The van der Waals surface area contributed by atoms with Crippen molar-refractivity contribution in [2.75, 3.05) is 0 Å². The minimum Gasteiger partial charge on any atom is -0.411 e. The van der Waals surface area contributed by atoms with Gasteiger partial charge in [0, 0.05) is 12.5 Å². The molecule has 1 aromatic carbocycles. The third-order valence-electron chi connectivity index (χ3n) is 6.07. The molecular weight excluding hydrogens is 390 g/mol. The fourth-order valence-electron chi connectivity index (χ4n) is 3.42. The summed E-state index contributed by atoms with van der Waals surface area (Å²) < 4.78 is 6.79. The summed E-state index contributed by atoms with van der Waals surface area (Å²) in [6.07, 6.45) is 0.376. The van der Waals surface area contributed by atoms with Gasteiger partial charge in [-0.1, -0.05) is 70.7 Å². The van der Waals surface area contributed by atoms with Crippen molar-refractivity contribution in [3.8, 4) is 11.5 Å². The maximum Gasteiger partial charge on any atom is 0.225 e. The number of rotatable bonds is 5. The van der Waals surface area contributed by atoms with Crippen LogP contribution in [0.3, 0.4) is 0 Å². The van der Waals surface area contributed by atoms with E-state index in [0.717, 1.165) is 5.56 Å². The molecular formula is C24H39NO2Si2. The Morgan fingerprint density at radius 2 is 1.72 bits per heavy atom. The van der Waals surface area contributed by atoms with Crippen molar-refractivity contribution in [1.29, 1.82) is 0 Å². The van der Waals surface area contributed by atoms with Gasteiger partial charge in [0.25, 0.3) is 0 Å². The van der Waals surface area contributed by atoms with Crippen LogP contribution in [0.25, 0.3) is 0 Å². The van der Waals surface area contributed by atoms with Crippen LogP contribution in [0.4, 0.5) is 0 Å². The van der Waals surface area contributed by atoms with Gasteiger partial charge >= 0.3 is 0 Å². The lowest BCUT2D eigenvalue weighted by molar-refractivity contribution is -0.129. The number of benzene rings is 1. The highest BCUT2D eigenvalue weighted by Crippen LogP contribution is 2.40. The Balaban J connectivity index is 2.36. The van der Waals surface area contributed by atoms with Crippen LogP contribution in [0.2, 0.25) is 37.8 Å². The second kappa shape index (κ2) is 8.79. The molecule has 2 rings (SSSR count). The Bertz CT molecular complexity index is 766. The van der Waals surface area contributed by atoms with E-state index in [4.69, 9.17) is 4.43 Å². The fourth-order valence-corrected chi connectivity index (χ4v) is 5.42. The lowest BCUT2D eigenvalue weighted by Crippen LogP contribution is -2.49. The molecule has 1 fully saturated rings. The van der Waals surface area contributed by atoms with Gasteiger partial charge in [-0.2, -0.15) is 0 Å². The molecule has 1 amide bonds. The van der Waals surface area contributed by atoms with E-state index in [9.17, 15) is 4.79 Å². The van der Waals surface area contributed by atoms with E-state index in [0.29, 0.717) is 13.0 Å². The summed E-state index contributed by atoms with van der Waals surface area (Å²) in [5, 5.41) is 0.112. The average Bonchev–Trinajstić information content (AvgIpc) is 2.86. The molecule has 0 bridgehead atoms. The highest BCUT2D eigenvalue weighted by Gasteiger charge is 2.48. The second-order valence-electron chi connectivity index (χ2n) is 10.9. The second-order valence-corrected chi connectivity index (χ2v) is 20.4. The van der Waals surface area contributed by atoms with E-state index < -0.39 is 16.4 Å². The van der Waals surface area contributed by atoms with E-state index in [1.807, 2.05) is 23.1 Å². The van der Waals surface area contributed by atoms with Crippen LogP contribution < -0.4 is 0 Å². The number of amides is 1. The summed E-state index contributed by atoms with van der Waals surface area (Å²) in [7, 11) is -3.47. The topological polar surface area (TPSA) is 29.5 Å². The molecule has 0 spiro atoms. The molecule has 29 heavy (non-hydrogen) atoms. The first-order valence-electron chi connectivity index (χ1n) is 10.8. The number of hydrogen-bond donors (Lipinski definition) is 0. The van der Waals surface area contributed by atoms with Crippen LogP contribution in [-0.4, -0.2) is 39.3 Å². The zero-order valence-electron chi connectivity index (χ0n) is 19.8. The quantitative estimate of drug-likeness (QED) is 0.444. The zero-order chi connectivity index (χ0) is 22.0. The van der Waals surface area contributed by atoms with Crippen LogP contribution in [-0.2, 0) is 15.8 Å². The molecule has 0 aromatic heterocycles. The van der Waals surface area contributed by atoms with Crippen LogP contribution in [0.5, 0.6) is 0 Å². The van der Waals surface area contributed by atoms with Crippen molar-refractivity contribution < 1.29 is 9.22 Å². The molecule has 1 aromatic rings. The van der Waals surface area contributed by atoms with Crippen molar-refractivity contribution in [3.05, 3.63) is 35.9 Å². The molecule has 3 atom stereocenters. The normalized spacial score (nSPS) is 21.7. The van der Waals surface area contributed by atoms with Gasteiger partial charge in [0.2, 0.25) is 5.91 Å². The number of hydrogen-bond acceptors (Lipinski definition) is 2. The summed E-state index contributed by atoms with van der Waals surface area (Å²) >= 11 is 0. The Kier molecular flexibility index (Phi) is 7.25. The van der Waals surface area contributed by atoms with Crippen molar-refractivity contribution in [2.24, 2.45) is 5.92 Å². The van der Waals surface area contributed by atoms with Crippen molar-refractivity contribution in [1.82, 2.24) is 4.90 Å². The fraction of sp³-hybridized carbons (Fsp3) is 0.625. The summed E-state index contributed by atoms with van der Waals surface area (Å²) in [6, 6.07) is 10.3. The predicted molar refractivity (Wildman–Crippen MR) is 128 cm³/mol. The van der Waals surface area contributed by atoms with Crippen molar-refractivity contribution >= 4 is 22.3 Å². The molecule has 0 N–H and O–H groups in total. The Morgan fingerprint density at radius 1 is 1.14 bits per heavy atom. The third kappa shape index (κ3) is 6.31. The van der Waals surface area contributed by atoms with E-state index in [1.54, 1.807) is 0 Å². The highest BCUT2D eigenvalue weighted by molar-refractivity contribution is 6.83. The summed E-state index contributed by atoms with van der Waals surface area (Å²) in [4.78, 5) is 15.1. The SMILES string of the molecule is C[C@@H](C#C[Si](C)(C)C)C1[C@H](O[Si](C)(C)C(C)(C)C)CC(=O)N1Cc1ccccc1. The molecule has 160 valence electrons. The molecule has 3 nitrogen and oxygen atoms in total. The molecule has 1 aliphatic heterocycles. The van der Waals surface area contributed by atoms with Gasteiger partial charge in [0.15, 0.2) is 8.32 Å². The summed E-state index contributed by atoms with van der Waals surface area (Å²) in [6.45, 7) is 20.9. The monoisotopic (exact) mass is 429 g/mol. The summed E-state index contributed by atoms with van der Waals surface area (Å²) in [5.41, 5.74) is 4.67. The van der Waals surface area contributed by atoms with E-state index in [1.165, 1.54) is 0 Å². The maximum absolute atomic E-state index is 13.1. The van der Waals surface area contributed by atoms with Crippen LogP contribution in [0.1, 0.15) is 39.7 Å². The number of carbonyl (C=O) groups excluding carboxylic acids is 1. The van der Waals surface area contributed by atoms with E-state index in [2.05, 4.69) is 84.0 Å². The lowest BCUT2D eigenvalue weighted by Gasteiger charge is -2.41. The van der Waals surface area contributed by atoms with Crippen LogP contribution >= 0.6 is 0 Å². The van der Waals surface area contributed by atoms with Gasteiger partial charge < -0.3 is 9.33 Å². The molecule has 1 saturated heterocycles. The minimum absolute atomic E-state index is 0.000631. The van der Waals surface area contributed by atoms with Crippen molar-refractivity contribution in [3.63, 3.8) is 0 Å². The molecule has 1 aliphatic rings. The molecule has 1 unspecified atom stereocenters. The highest BCUT2D eigenvalue weighted by atomic mass is 28.4. The van der Waals surface area contributed by atoms with Gasteiger partial charge in [-0.25, -0.2) is 0 Å². The Morgan fingerprint density at radius 3 is 2.24 bits per heavy atom. The minimum atomic E-state index is -1.99. The molecule has 5 heteroatoms. The third-order valence-corrected chi connectivity index (χ3v) is 11.5. The average molecular weight is 430 g/mol. The Hall–Kier alpha value is -1.36. The number of nitrogens with zero attached hydrogens (tertiary/aromatic N) is 1. The number of carbonyl (C=O) groups is 1. The van der Waals surface area contributed by atoms with Gasteiger partial charge in [-0.05, 0) is 30.6 Å². The standard InChI is InChI=1S/C24H39NO2Si2/c1-19(15-16-28(5,6)7)23-21(27-29(8,9)24(2,3)4)17-22(26)25(23)18-20-13-11-10-12-14-20/h10-14,19,21,23H,17-18H2,1-9H3/t19-,21+,23?/m0/s1. The van der Waals surface area contributed by atoms with Gasteiger partial charge in [-0.3, -0.25) is 4.79 Å². The van der Waals surface area contributed by atoms with Crippen LogP contribution in [0, 0.1) is 17.4 Å². The molecule has 0 radical (unpaired) electrons. The largest absolute Gasteiger partial charge is 0.411 e. The first-order chi connectivity index (χ1) is 13.2. The van der Waals surface area contributed by atoms with E-state index >= 15 is 0 Å². The van der Waals surface area contributed by atoms with Gasteiger partial charge in [0.1, 0.15) is 8.07 Å². The van der Waals surface area contributed by atoms with Gasteiger partial charge in [0.05, 0.1) is 18.6 Å². The lowest BCUT2D eigenvalue weighted by atomic mass is 9.98. The summed E-state index contributed by atoms with van der Waals surface area (Å²) in [5.74, 6) is 3.78. The molecule has 1 heterocycles. The predicted octanol–water partition coefficient (Wildman–Crippen LogP) is 5.69. The first kappa shape index (κ1) is 23.9. The smallest absolute Gasteiger partial charge is 0.225 e. The zero-order valence-corrected chi connectivity index (χ0v) is 21.8. The molecule has 0 aliphatic carbocycles. The van der Waals surface area contributed by atoms with Gasteiger partial charge in [-0.15, -0.1) is 11.5 Å². The maximum atomic E-state index is 13.1. The Labute approximate surface area is 180 Å².